The second-order valence-electron chi connectivity index (χ2n) is 5.44. The van der Waals surface area contributed by atoms with Crippen LogP contribution in [0.2, 0.25) is 0 Å². The van der Waals surface area contributed by atoms with Gasteiger partial charge in [-0.05, 0) is 13.3 Å². The Balaban J connectivity index is 2.08. The van der Waals surface area contributed by atoms with Gasteiger partial charge < -0.3 is 25.6 Å². The Labute approximate surface area is 124 Å². The molecule has 0 aliphatic carbocycles. The van der Waals surface area contributed by atoms with E-state index in [1.807, 2.05) is 13.8 Å². The number of aliphatic hydroxyl groups is 1. The van der Waals surface area contributed by atoms with Crippen LogP contribution < -0.4 is 15.8 Å². The molecule has 5 nitrogen and oxygen atoms in total. The number of halogens is 1. The molecule has 1 aromatic carbocycles. The highest BCUT2D eigenvalue weighted by molar-refractivity contribution is 5.68. The molecule has 2 atom stereocenters. The van der Waals surface area contributed by atoms with Crippen LogP contribution in [0, 0.1) is 5.82 Å². The molecule has 1 fully saturated rings. The summed E-state index contributed by atoms with van der Waals surface area (Å²) in [6.07, 6.45) is 1.10. The molecule has 4 N–H and O–H groups in total. The van der Waals surface area contributed by atoms with E-state index in [0.717, 1.165) is 6.42 Å². The molecular weight excluding hydrogens is 275 g/mol. The Kier molecular flexibility index (Phi) is 4.90. The Hall–Kier alpha value is -1.53. The van der Waals surface area contributed by atoms with Crippen molar-refractivity contribution >= 4 is 11.4 Å². The molecule has 118 valence electrons. The second-order valence-corrected chi connectivity index (χ2v) is 5.44. The largest absolute Gasteiger partial charge is 0.490 e. The molecule has 1 aliphatic heterocycles. The molecule has 2 unspecified atom stereocenters. The molecular formula is C15H23FN2O3. The third kappa shape index (κ3) is 3.57. The average Bonchev–Trinajstić information content (AvgIpc) is 2.77. The lowest BCUT2D eigenvalue weighted by Crippen LogP contribution is -2.43. The zero-order valence-electron chi connectivity index (χ0n) is 12.5. The average molecular weight is 298 g/mol. The van der Waals surface area contributed by atoms with Crippen LogP contribution in [0.15, 0.2) is 12.1 Å². The van der Waals surface area contributed by atoms with Crippen LogP contribution in [0.4, 0.5) is 15.8 Å². The summed E-state index contributed by atoms with van der Waals surface area (Å²) in [5.74, 6) is -0.320. The van der Waals surface area contributed by atoms with Crippen molar-refractivity contribution in [3.8, 4) is 5.75 Å². The topological polar surface area (TPSA) is 76.7 Å². The summed E-state index contributed by atoms with van der Waals surface area (Å²) in [6.45, 7) is 5.04. The number of anilines is 2. The van der Waals surface area contributed by atoms with Gasteiger partial charge in [-0.1, -0.05) is 6.92 Å². The molecule has 1 heterocycles. The summed E-state index contributed by atoms with van der Waals surface area (Å²) in [7, 11) is 0. The molecule has 1 aliphatic rings. The molecule has 0 aromatic heterocycles. The number of hydrogen-bond donors (Lipinski definition) is 3. The summed E-state index contributed by atoms with van der Waals surface area (Å²) in [4.78, 5) is 0. The Morgan fingerprint density at radius 2 is 2.33 bits per heavy atom. The quantitative estimate of drug-likeness (QED) is 0.702. The summed E-state index contributed by atoms with van der Waals surface area (Å²) in [5.41, 5.74) is 5.71. The number of benzene rings is 1. The van der Waals surface area contributed by atoms with Gasteiger partial charge in [-0.25, -0.2) is 4.39 Å². The zero-order valence-corrected chi connectivity index (χ0v) is 12.5. The lowest BCUT2D eigenvalue weighted by molar-refractivity contribution is -0.0175. The maximum Gasteiger partial charge on any atom is 0.167 e. The van der Waals surface area contributed by atoms with E-state index < -0.39 is 11.4 Å². The molecule has 0 amide bonds. The summed E-state index contributed by atoms with van der Waals surface area (Å²) in [5, 5.41) is 13.5. The summed E-state index contributed by atoms with van der Waals surface area (Å²) in [6, 6.07) is 2.76. The first-order valence-electron chi connectivity index (χ1n) is 7.26. The van der Waals surface area contributed by atoms with E-state index in [1.165, 1.54) is 12.1 Å². The lowest BCUT2D eigenvalue weighted by atomic mass is 9.96. The van der Waals surface area contributed by atoms with Gasteiger partial charge in [0.05, 0.1) is 24.1 Å². The summed E-state index contributed by atoms with van der Waals surface area (Å²) >= 11 is 0. The molecule has 2 rings (SSSR count). The molecule has 1 aromatic rings. The molecule has 1 saturated heterocycles. The van der Waals surface area contributed by atoms with Gasteiger partial charge in [0.2, 0.25) is 0 Å². The van der Waals surface area contributed by atoms with Gasteiger partial charge in [-0.3, -0.25) is 0 Å². The second kappa shape index (κ2) is 6.49. The number of nitrogens with one attached hydrogen (secondary N) is 1. The first-order chi connectivity index (χ1) is 9.96. The third-order valence-electron chi connectivity index (χ3n) is 3.81. The Morgan fingerprint density at radius 1 is 1.57 bits per heavy atom. The minimum Gasteiger partial charge on any atom is -0.490 e. The van der Waals surface area contributed by atoms with Crippen molar-refractivity contribution in [3.63, 3.8) is 0 Å². The van der Waals surface area contributed by atoms with Crippen molar-refractivity contribution < 1.29 is 19.0 Å². The van der Waals surface area contributed by atoms with Crippen molar-refractivity contribution in [2.24, 2.45) is 0 Å². The summed E-state index contributed by atoms with van der Waals surface area (Å²) < 4.78 is 24.4. The third-order valence-corrected chi connectivity index (χ3v) is 3.81. The minimum atomic E-state index is -0.939. The number of nitrogens with two attached hydrogens (primary N) is 1. The van der Waals surface area contributed by atoms with Crippen molar-refractivity contribution in [2.45, 2.75) is 38.4 Å². The lowest BCUT2D eigenvalue weighted by Gasteiger charge is -2.27. The normalized spacial score (nSPS) is 25.0. The van der Waals surface area contributed by atoms with Crippen molar-refractivity contribution in [1.82, 2.24) is 0 Å². The fraction of sp³-hybridized carbons (Fsp3) is 0.600. The van der Waals surface area contributed by atoms with Crippen LogP contribution in [0.3, 0.4) is 0 Å². The van der Waals surface area contributed by atoms with E-state index in [0.29, 0.717) is 25.3 Å². The molecule has 0 bridgehead atoms. The van der Waals surface area contributed by atoms with E-state index >= 15 is 0 Å². The van der Waals surface area contributed by atoms with Gasteiger partial charge in [0, 0.05) is 31.7 Å². The number of rotatable bonds is 6. The Morgan fingerprint density at radius 3 is 2.95 bits per heavy atom. The van der Waals surface area contributed by atoms with Gasteiger partial charge in [0.25, 0.3) is 0 Å². The standard InChI is InChI=1S/C15H23FN2O3/c1-3-5-21-14-8-13(12(17)7-11(14)16)18-9-15(19)4-6-20-10(15)2/h7-8,10,18-19H,3-6,9,17H2,1-2H3. The molecule has 0 saturated carbocycles. The predicted octanol–water partition coefficient (Wildman–Crippen LogP) is 2.15. The fourth-order valence-corrected chi connectivity index (χ4v) is 2.30. The van der Waals surface area contributed by atoms with Gasteiger partial charge in [0.1, 0.15) is 5.60 Å². The van der Waals surface area contributed by atoms with Gasteiger partial charge in [-0.2, -0.15) is 0 Å². The van der Waals surface area contributed by atoms with E-state index in [4.69, 9.17) is 15.2 Å². The van der Waals surface area contributed by atoms with Gasteiger partial charge >= 0.3 is 0 Å². The van der Waals surface area contributed by atoms with Crippen LogP contribution in [-0.2, 0) is 4.74 Å². The highest BCUT2D eigenvalue weighted by Crippen LogP contribution is 2.31. The van der Waals surface area contributed by atoms with Crippen LogP contribution in [0.1, 0.15) is 26.7 Å². The van der Waals surface area contributed by atoms with E-state index in [-0.39, 0.29) is 24.1 Å². The molecule has 0 radical (unpaired) electrons. The highest BCUT2D eigenvalue weighted by atomic mass is 19.1. The van der Waals surface area contributed by atoms with Crippen LogP contribution in [0.25, 0.3) is 0 Å². The minimum absolute atomic E-state index is 0.163. The van der Waals surface area contributed by atoms with E-state index in [9.17, 15) is 9.50 Å². The van der Waals surface area contributed by atoms with Crippen LogP contribution in [0.5, 0.6) is 5.75 Å². The van der Waals surface area contributed by atoms with Gasteiger partial charge in [-0.15, -0.1) is 0 Å². The van der Waals surface area contributed by atoms with Crippen molar-refractivity contribution in [3.05, 3.63) is 17.9 Å². The maximum absolute atomic E-state index is 13.7. The smallest absolute Gasteiger partial charge is 0.167 e. The van der Waals surface area contributed by atoms with E-state index in [1.54, 1.807) is 0 Å². The maximum atomic E-state index is 13.7. The SMILES string of the molecule is CCCOc1cc(NCC2(O)CCOC2C)c(N)cc1F. The number of ether oxygens (including phenoxy) is 2. The molecule has 21 heavy (non-hydrogen) atoms. The molecule has 6 heteroatoms. The number of hydrogen-bond acceptors (Lipinski definition) is 5. The monoisotopic (exact) mass is 298 g/mol. The fourth-order valence-electron chi connectivity index (χ4n) is 2.30. The van der Waals surface area contributed by atoms with Crippen molar-refractivity contribution in [1.29, 1.82) is 0 Å². The zero-order chi connectivity index (χ0) is 15.5. The predicted molar refractivity (Wildman–Crippen MR) is 80.1 cm³/mol. The van der Waals surface area contributed by atoms with E-state index in [2.05, 4.69) is 5.32 Å². The first kappa shape index (κ1) is 15.9. The number of nitrogen functional groups attached to an aromatic ring is 1. The van der Waals surface area contributed by atoms with Crippen LogP contribution in [-0.4, -0.2) is 36.6 Å². The Bertz CT molecular complexity index is 498. The van der Waals surface area contributed by atoms with Gasteiger partial charge in [0.15, 0.2) is 11.6 Å². The first-order valence-corrected chi connectivity index (χ1v) is 7.26. The molecule has 0 spiro atoms. The van der Waals surface area contributed by atoms with Crippen LogP contribution >= 0.6 is 0 Å². The highest BCUT2D eigenvalue weighted by Gasteiger charge is 2.39. The van der Waals surface area contributed by atoms with Crippen molar-refractivity contribution in [2.75, 3.05) is 30.8 Å².